The van der Waals surface area contributed by atoms with Gasteiger partial charge >= 0.3 is 0 Å². The Morgan fingerprint density at radius 3 is 2.95 bits per heavy atom. The van der Waals surface area contributed by atoms with Gasteiger partial charge < -0.3 is 14.3 Å². The quantitative estimate of drug-likeness (QED) is 0.795. The van der Waals surface area contributed by atoms with Crippen LogP contribution in [-0.4, -0.2) is 10.1 Å². The molecule has 1 N–H and O–H groups in total. The first kappa shape index (κ1) is 13.1. The number of hydrogen-bond acceptors (Lipinski definition) is 5. The number of hydrogen-bond donors (Lipinski definition) is 1. The zero-order chi connectivity index (χ0) is 14.1. The Morgan fingerprint density at radius 1 is 1.35 bits per heavy atom. The molecule has 3 aromatic rings. The van der Waals surface area contributed by atoms with Crippen molar-refractivity contribution in [2.75, 3.05) is 0 Å². The van der Waals surface area contributed by atoms with Gasteiger partial charge in [0.15, 0.2) is 5.82 Å². The molecule has 0 aliphatic heterocycles. The molecule has 0 saturated carbocycles. The third kappa shape index (κ3) is 2.69. The highest BCUT2D eigenvalue weighted by atomic mass is 35.5. The lowest BCUT2D eigenvalue weighted by Gasteiger charge is -2.08. The van der Waals surface area contributed by atoms with Gasteiger partial charge in [-0.1, -0.05) is 16.8 Å². The molecule has 104 valence electrons. The normalized spacial score (nSPS) is 12.9. The summed E-state index contributed by atoms with van der Waals surface area (Å²) in [6.07, 6.45) is 0. The largest absolute Gasteiger partial charge is 0.459 e. The minimum Gasteiger partial charge on any atom is -0.459 e. The Bertz CT molecular complexity index is 735. The molecule has 3 rings (SSSR count). The Labute approximate surface area is 120 Å². The molecule has 0 fully saturated rings. The summed E-state index contributed by atoms with van der Waals surface area (Å²) in [7, 11) is 0. The van der Waals surface area contributed by atoms with Crippen molar-refractivity contribution in [2.45, 2.75) is 26.4 Å². The standard InChI is InChI=1S/C14H14ClN3O2/c1-8(16-7-14-17-9(2)20-18-14)13-6-10-5-11(15)3-4-12(10)19-13/h3-6,8,16H,7H2,1-2H3/t8-/m0/s1. The molecule has 1 atom stereocenters. The average molecular weight is 292 g/mol. The molecule has 0 radical (unpaired) electrons. The molecule has 1 aromatic carbocycles. The van der Waals surface area contributed by atoms with E-state index in [2.05, 4.69) is 15.5 Å². The molecule has 0 spiro atoms. The van der Waals surface area contributed by atoms with Crippen LogP contribution in [0.2, 0.25) is 5.02 Å². The Kier molecular flexibility index (Phi) is 3.46. The van der Waals surface area contributed by atoms with Crippen LogP contribution in [0.4, 0.5) is 0 Å². The fourth-order valence-corrected chi connectivity index (χ4v) is 2.19. The second-order valence-electron chi connectivity index (χ2n) is 4.66. The van der Waals surface area contributed by atoms with Crippen molar-refractivity contribution < 1.29 is 8.94 Å². The highest BCUT2D eigenvalue weighted by Gasteiger charge is 2.12. The molecular weight excluding hydrogens is 278 g/mol. The fraction of sp³-hybridized carbons (Fsp3) is 0.286. The van der Waals surface area contributed by atoms with Crippen LogP contribution in [0.25, 0.3) is 11.0 Å². The molecule has 2 heterocycles. The van der Waals surface area contributed by atoms with Crippen LogP contribution in [-0.2, 0) is 6.54 Å². The molecule has 5 nitrogen and oxygen atoms in total. The fourth-order valence-electron chi connectivity index (χ4n) is 2.01. The summed E-state index contributed by atoms with van der Waals surface area (Å²) in [4.78, 5) is 4.14. The van der Waals surface area contributed by atoms with E-state index in [0.717, 1.165) is 16.7 Å². The lowest BCUT2D eigenvalue weighted by molar-refractivity contribution is 0.381. The van der Waals surface area contributed by atoms with Gasteiger partial charge in [0.1, 0.15) is 11.3 Å². The van der Waals surface area contributed by atoms with Crippen molar-refractivity contribution in [3.05, 3.63) is 46.8 Å². The number of nitrogens with zero attached hydrogens (tertiary/aromatic N) is 2. The second kappa shape index (κ2) is 5.26. The average Bonchev–Trinajstić information content (AvgIpc) is 3.01. The lowest BCUT2D eigenvalue weighted by atomic mass is 10.2. The van der Waals surface area contributed by atoms with E-state index in [0.29, 0.717) is 23.3 Å². The summed E-state index contributed by atoms with van der Waals surface area (Å²) in [5, 5.41) is 8.83. The van der Waals surface area contributed by atoms with Gasteiger partial charge in [-0.15, -0.1) is 0 Å². The summed E-state index contributed by atoms with van der Waals surface area (Å²) in [6, 6.07) is 7.60. The third-order valence-electron chi connectivity index (χ3n) is 3.06. The highest BCUT2D eigenvalue weighted by Crippen LogP contribution is 2.26. The molecule has 6 heteroatoms. The van der Waals surface area contributed by atoms with Crippen molar-refractivity contribution in [1.82, 2.24) is 15.5 Å². The maximum absolute atomic E-state index is 5.97. The van der Waals surface area contributed by atoms with Crippen molar-refractivity contribution >= 4 is 22.6 Å². The van der Waals surface area contributed by atoms with E-state index in [4.69, 9.17) is 20.5 Å². The second-order valence-corrected chi connectivity index (χ2v) is 5.10. The molecule has 0 amide bonds. The first-order chi connectivity index (χ1) is 9.61. The zero-order valence-electron chi connectivity index (χ0n) is 11.2. The van der Waals surface area contributed by atoms with E-state index in [-0.39, 0.29) is 6.04 Å². The minimum absolute atomic E-state index is 0.0416. The molecule has 0 bridgehead atoms. The van der Waals surface area contributed by atoms with Crippen LogP contribution in [0.15, 0.2) is 33.2 Å². The van der Waals surface area contributed by atoms with E-state index in [1.807, 2.05) is 31.2 Å². The molecule has 0 unspecified atom stereocenters. The predicted octanol–water partition coefficient (Wildman–Crippen LogP) is 3.63. The topological polar surface area (TPSA) is 64.1 Å². The van der Waals surface area contributed by atoms with Gasteiger partial charge in [0.05, 0.1) is 12.6 Å². The zero-order valence-corrected chi connectivity index (χ0v) is 11.9. The maximum atomic E-state index is 5.97. The third-order valence-corrected chi connectivity index (χ3v) is 3.30. The van der Waals surface area contributed by atoms with Crippen LogP contribution < -0.4 is 5.32 Å². The van der Waals surface area contributed by atoms with Gasteiger partial charge in [0, 0.05) is 17.3 Å². The number of aryl methyl sites for hydroxylation is 1. The molecule has 20 heavy (non-hydrogen) atoms. The smallest absolute Gasteiger partial charge is 0.223 e. The van der Waals surface area contributed by atoms with E-state index in [1.165, 1.54) is 0 Å². The van der Waals surface area contributed by atoms with E-state index in [9.17, 15) is 0 Å². The number of halogens is 1. The van der Waals surface area contributed by atoms with Crippen LogP contribution in [0.3, 0.4) is 0 Å². The van der Waals surface area contributed by atoms with Gasteiger partial charge in [-0.05, 0) is 31.2 Å². The minimum atomic E-state index is 0.0416. The highest BCUT2D eigenvalue weighted by molar-refractivity contribution is 6.31. The predicted molar refractivity (Wildman–Crippen MR) is 75.5 cm³/mol. The summed E-state index contributed by atoms with van der Waals surface area (Å²) in [6.45, 7) is 4.31. The summed E-state index contributed by atoms with van der Waals surface area (Å²) < 4.78 is 10.7. The van der Waals surface area contributed by atoms with Crippen LogP contribution in [0.5, 0.6) is 0 Å². The molecule has 0 saturated heterocycles. The first-order valence-corrected chi connectivity index (χ1v) is 6.71. The Balaban J connectivity index is 1.73. The van der Waals surface area contributed by atoms with Gasteiger partial charge in [0.2, 0.25) is 5.89 Å². The Hall–Kier alpha value is -1.85. The molecular formula is C14H14ClN3O2. The van der Waals surface area contributed by atoms with Crippen molar-refractivity contribution in [3.63, 3.8) is 0 Å². The maximum Gasteiger partial charge on any atom is 0.223 e. The van der Waals surface area contributed by atoms with Gasteiger partial charge in [-0.25, -0.2) is 0 Å². The molecule has 2 aromatic heterocycles. The van der Waals surface area contributed by atoms with Crippen molar-refractivity contribution in [3.8, 4) is 0 Å². The molecule has 0 aliphatic carbocycles. The number of furan rings is 1. The van der Waals surface area contributed by atoms with Crippen LogP contribution in [0, 0.1) is 6.92 Å². The summed E-state index contributed by atoms with van der Waals surface area (Å²) in [5.41, 5.74) is 0.827. The summed E-state index contributed by atoms with van der Waals surface area (Å²) >= 11 is 5.97. The van der Waals surface area contributed by atoms with E-state index >= 15 is 0 Å². The van der Waals surface area contributed by atoms with Crippen molar-refractivity contribution in [2.24, 2.45) is 0 Å². The van der Waals surface area contributed by atoms with E-state index in [1.54, 1.807) is 6.92 Å². The van der Waals surface area contributed by atoms with Gasteiger partial charge in [-0.2, -0.15) is 4.98 Å². The lowest BCUT2D eigenvalue weighted by Crippen LogP contribution is -2.18. The number of nitrogens with one attached hydrogen (secondary N) is 1. The monoisotopic (exact) mass is 291 g/mol. The SMILES string of the molecule is Cc1nc(CN[C@@H](C)c2cc3cc(Cl)ccc3o2)no1. The van der Waals surface area contributed by atoms with Crippen LogP contribution >= 0.6 is 11.6 Å². The van der Waals surface area contributed by atoms with Crippen LogP contribution in [0.1, 0.15) is 30.4 Å². The van der Waals surface area contributed by atoms with Gasteiger partial charge in [-0.3, -0.25) is 0 Å². The number of benzene rings is 1. The summed E-state index contributed by atoms with van der Waals surface area (Å²) in [5.74, 6) is 2.05. The van der Waals surface area contributed by atoms with Gasteiger partial charge in [0.25, 0.3) is 0 Å². The number of aromatic nitrogens is 2. The number of rotatable bonds is 4. The van der Waals surface area contributed by atoms with E-state index < -0.39 is 0 Å². The molecule has 0 aliphatic rings. The number of fused-ring (bicyclic) bond motifs is 1. The Morgan fingerprint density at radius 2 is 2.20 bits per heavy atom. The van der Waals surface area contributed by atoms with Crippen molar-refractivity contribution in [1.29, 1.82) is 0 Å². The first-order valence-electron chi connectivity index (χ1n) is 6.33.